The Morgan fingerprint density at radius 2 is 1.82 bits per heavy atom. The Morgan fingerprint density at radius 1 is 1.06 bits per heavy atom. The molecule has 1 aliphatic carbocycles. The van der Waals surface area contributed by atoms with E-state index in [1.165, 1.54) is 11.3 Å². The van der Waals surface area contributed by atoms with Crippen LogP contribution in [0.1, 0.15) is 28.8 Å². The van der Waals surface area contributed by atoms with E-state index in [0.717, 1.165) is 18.4 Å². The number of hydrogen-bond donors (Lipinski definition) is 1. The third kappa shape index (κ3) is 5.00. The molecule has 1 saturated heterocycles. The maximum atomic E-state index is 13.8. The normalized spacial score (nSPS) is 17.4. The van der Waals surface area contributed by atoms with Crippen molar-refractivity contribution in [3.8, 4) is 0 Å². The van der Waals surface area contributed by atoms with Crippen molar-refractivity contribution in [3.05, 3.63) is 77.3 Å². The lowest BCUT2D eigenvalue weighted by molar-refractivity contribution is -0.136. The van der Waals surface area contributed by atoms with E-state index >= 15 is 0 Å². The van der Waals surface area contributed by atoms with Crippen molar-refractivity contribution in [2.45, 2.75) is 31.3 Å². The SMILES string of the molecule is O=C(NC1CC1)c1ccc(N(C(=O)C2CSCN2C(=O)Cc2ccccc2)c2nccs2)cc1. The van der Waals surface area contributed by atoms with Crippen LogP contribution in [0.15, 0.2) is 66.2 Å². The highest BCUT2D eigenvalue weighted by molar-refractivity contribution is 7.99. The molecule has 5 rings (SSSR count). The molecular weight excluding hydrogens is 468 g/mol. The molecule has 3 amide bonds. The van der Waals surface area contributed by atoms with E-state index in [2.05, 4.69) is 10.3 Å². The molecule has 7 nitrogen and oxygen atoms in total. The summed E-state index contributed by atoms with van der Waals surface area (Å²) in [4.78, 5) is 46.8. The maximum absolute atomic E-state index is 13.8. The zero-order valence-electron chi connectivity index (χ0n) is 18.4. The largest absolute Gasteiger partial charge is 0.349 e. The number of benzene rings is 2. The first-order valence-corrected chi connectivity index (χ1v) is 13.2. The van der Waals surface area contributed by atoms with Crippen molar-refractivity contribution in [3.63, 3.8) is 0 Å². The lowest BCUT2D eigenvalue weighted by atomic mass is 10.1. The van der Waals surface area contributed by atoms with Crippen LogP contribution in [0.2, 0.25) is 0 Å². The Balaban J connectivity index is 1.37. The summed E-state index contributed by atoms with van der Waals surface area (Å²) in [6, 6.07) is 16.2. The average Bonchev–Trinajstić information content (AvgIpc) is 3.30. The van der Waals surface area contributed by atoms with Crippen molar-refractivity contribution in [2.75, 3.05) is 16.5 Å². The fourth-order valence-electron chi connectivity index (χ4n) is 3.83. The van der Waals surface area contributed by atoms with E-state index in [1.807, 2.05) is 35.7 Å². The number of aromatic nitrogens is 1. The zero-order chi connectivity index (χ0) is 23.5. The van der Waals surface area contributed by atoms with Crippen LogP contribution in [0, 0.1) is 0 Å². The standard InChI is InChI=1S/C25H24N4O3S2/c30-22(14-17-4-2-1-3-5-17)28-16-33-15-21(28)24(32)29(25-26-12-13-34-25)20-10-6-18(7-11-20)23(31)27-19-8-9-19/h1-7,10-13,19,21H,8-9,14-16H2,(H,27,31). The van der Waals surface area contributed by atoms with Crippen LogP contribution in [-0.2, 0) is 16.0 Å². The van der Waals surface area contributed by atoms with Gasteiger partial charge in [-0.1, -0.05) is 30.3 Å². The minimum atomic E-state index is -0.581. The summed E-state index contributed by atoms with van der Waals surface area (Å²) in [5.74, 6) is 0.639. The third-order valence-corrected chi connectivity index (χ3v) is 7.59. The monoisotopic (exact) mass is 492 g/mol. The summed E-state index contributed by atoms with van der Waals surface area (Å²) >= 11 is 2.93. The second-order valence-corrected chi connectivity index (χ2v) is 10.2. The molecule has 0 radical (unpaired) electrons. The molecule has 9 heteroatoms. The van der Waals surface area contributed by atoms with Crippen LogP contribution in [0.5, 0.6) is 0 Å². The minimum Gasteiger partial charge on any atom is -0.349 e. The topological polar surface area (TPSA) is 82.6 Å². The molecule has 0 bridgehead atoms. The van der Waals surface area contributed by atoms with Gasteiger partial charge in [0.2, 0.25) is 5.91 Å². The van der Waals surface area contributed by atoms with Crippen LogP contribution in [0.4, 0.5) is 10.8 Å². The first-order chi connectivity index (χ1) is 16.6. The Kier molecular flexibility index (Phi) is 6.64. The van der Waals surface area contributed by atoms with E-state index in [9.17, 15) is 14.4 Å². The molecule has 34 heavy (non-hydrogen) atoms. The molecule has 3 aromatic rings. The van der Waals surface area contributed by atoms with E-state index < -0.39 is 6.04 Å². The van der Waals surface area contributed by atoms with Gasteiger partial charge in [0.1, 0.15) is 6.04 Å². The van der Waals surface area contributed by atoms with Crippen molar-refractivity contribution >= 4 is 51.6 Å². The van der Waals surface area contributed by atoms with Crippen molar-refractivity contribution < 1.29 is 14.4 Å². The molecule has 1 N–H and O–H groups in total. The van der Waals surface area contributed by atoms with Gasteiger partial charge in [-0.3, -0.25) is 19.3 Å². The van der Waals surface area contributed by atoms with Gasteiger partial charge in [0.25, 0.3) is 11.8 Å². The van der Waals surface area contributed by atoms with Crippen molar-refractivity contribution in [1.82, 2.24) is 15.2 Å². The molecule has 2 heterocycles. The molecule has 1 aliphatic heterocycles. The number of thioether (sulfide) groups is 1. The number of amides is 3. The van der Waals surface area contributed by atoms with Gasteiger partial charge in [-0.05, 0) is 42.7 Å². The summed E-state index contributed by atoms with van der Waals surface area (Å²) < 4.78 is 0. The zero-order valence-corrected chi connectivity index (χ0v) is 20.1. The molecule has 1 aromatic heterocycles. The summed E-state index contributed by atoms with van der Waals surface area (Å²) in [6.45, 7) is 0. The van der Waals surface area contributed by atoms with Gasteiger partial charge in [-0.2, -0.15) is 0 Å². The summed E-state index contributed by atoms with van der Waals surface area (Å²) in [5, 5.41) is 5.32. The van der Waals surface area contributed by atoms with Crippen LogP contribution < -0.4 is 10.2 Å². The number of hydrogen-bond acceptors (Lipinski definition) is 6. The Bertz CT molecular complexity index is 1160. The summed E-state index contributed by atoms with van der Waals surface area (Å²) in [5.41, 5.74) is 2.10. The van der Waals surface area contributed by atoms with E-state index in [-0.39, 0.29) is 30.2 Å². The first-order valence-electron chi connectivity index (χ1n) is 11.2. The Labute approximate surface area is 206 Å². The van der Waals surface area contributed by atoms with Crippen molar-refractivity contribution in [1.29, 1.82) is 0 Å². The van der Waals surface area contributed by atoms with Gasteiger partial charge < -0.3 is 10.2 Å². The fraction of sp³-hybridized carbons (Fsp3) is 0.280. The lowest BCUT2D eigenvalue weighted by Crippen LogP contribution is -2.48. The molecule has 1 saturated carbocycles. The fourth-order valence-corrected chi connectivity index (χ4v) is 5.67. The second kappa shape index (κ2) is 9.99. The number of carbonyl (C=O) groups excluding carboxylic acids is 3. The maximum Gasteiger partial charge on any atom is 0.257 e. The molecule has 2 aliphatic rings. The van der Waals surface area contributed by atoms with E-state index in [0.29, 0.717) is 28.0 Å². The third-order valence-electron chi connectivity index (χ3n) is 5.82. The quantitative estimate of drug-likeness (QED) is 0.542. The molecule has 174 valence electrons. The minimum absolute atomic E-state index is 0.0688. The highest BCUT2D eigenvalue weighted by Crippen LogP contribution is 2.32. The molecular formula is C25H24N4O3S2. The van der Waals surface area contributed by atoms with E-state index in [4.69, 9.17) is 0 Å². The summed E-state index contributed by atoms with van der Waals surface area (Å²) in [7, 11) is 0. The second-order valence-electron chi connectivity index (χ2n) is 8.32. The lowest BCUT2D eigenvalue weighted by Gasteiger charge is -2.28. The van der Waals surface area contributed by atoms with Crippen LogP contribution in [0.25, 0.3) is 0 Å². The number of nitrogens with zero attached hydrogens (tertiary/aromatic N) is 3. The van der Waals surface area contributed by atoms with Crippen molar-refractivity contribution in [2.24, 2.45) is 0 Å². The molecule has 0 spiro atoms. The van der Waals surface area contributed by atoms with E-state index in [1.54, 1.807) is 52.0 Å². The predicted octanol–water partition coefficient (Wildman–Crippen LogP) is 3.84. The van der Waals surface area contributed by atoms with Gasteiger partial charge in [-0.25, -0.2) is 4.98 Å². The van der Waals surface area contributed by atoms with Crippen LogP contribution in [0.3, 0.4) is 0 Å². The van der Waals surface area contributed by atoms with Gasteiger partial charge in [0, 0.05) is 28.9 Å². The average molecular weight is 493 g/mol. The number of rotatable bonds is 7. The molecule has 2 fully saturated rings. The van der Waals surface area contributed by atoms with Gasteiger partial charge in [-0.15, -0.1) is 23.1 Å². The van der Waals surface area contributed by atoms with Gasteiger partial charge >= 0.3 is 0 Å². The Morgan fingerprint density at radius 3 is 2.50 bits per heavy atom. The van der Waals surface area contributed by atoms with Gasteiger partial charge in [0.05, 0.1) is 18.0 Å². The van der Waals surface area contributed by atoms with Crippen LogP contribution in [-0.4, -0.2) is 51.3 Å². The molecule has 1 atom stereocenters. The predicted molar refractivity (Wildman–Crippen MR) is 134 cm³/mol. The number of carbonyl (C=O) groups is 3. The summed E-state index contributed by atoms with van der Waals surface area (Å²) in [6.07, 6.45) is 3.96. The highest BCUT2D eigenvalue weighted by atomic mass is 32.2. The van der Waals surface area contributed by atoms with Crippen LogP contribution >= 0.6 is 23.1 Å². The number of nitrogens with one attached hydrogen (secondary N) is 1. The smallest absolute Gasteiger partial charge is 0.257 e. The Hall–Kier alpha value is -3.17. The first kappa shape index (κ1) is 22.6. The molecule has 1 unspecified atom stereocenters. The molecule has 2 aromatic carbocycles. The highest BCUT2D eigenvalue weighted by Gasteiger charge is 2.38. The number of thiazole rings is 1. The number of anilines is 2. The van der Waals surface area contributed by atoms with Gasteiger partial charge in [0.15, 0.2) is 5.13 Å².